The Kier molecular flexibility index (Phi) is 7.42. The van der Waals surface area contributed by atoms with Gasteiger partial charge in [0.1, 0.15) is 16.7 Å². The largest absolute Gasteiger partial charge is 0.497 e. The first kappa shape index (κ1) is 26.1. The minimum atomic E-state index is -1.06. The summed E-state index contributed by atoms with van der Waals surface area (Å²) >= 11 is 0.770. The lowest BCUT2D eigenvalue weighted by Crippen LogP contribution is -2.46. The van der Waals surface area contributed by atoms with Gasteiger partial charge in [-0.3, -0.25) is 24.3 Å². The Balaban J connectivity index is 1.67. The van der Waals surface area contributed by atoms with Gasteiger partial charge >= 0.3 is 0 Å². The highest BCUT2D eigenvalue weighted by atomic mass is 32.1. The predicted molar refractivity (Wildman–Crippen MR) is 150 cm³/mol. The van der Waals surface area contributed by atoms with Gasteiger partial charge in [-0.2, -0.15) is 4.37 Å². The Morgan fingerprint density at radius 1 is 1.10 bits per heavy atom. The third-order valence-electron chi connectivity index (χ3n) is 6.88. The zero-order valence-corrected chi connectivity index (χ0v) is 22.1. The van der Waals surface area contributed by atoms with Crippen molar-refractivity contribution in [3.05, 3.63) is 76.9 Å². The number of nitrogens with two attached hydrogens (primary N) is 2. The van der Waals surface area contributed by atoms with Gasteiger partial charge in [-0.1, -0.05) is 25.0 Å². The zero-order chi connectivity index (χ0) is 27.5. The number of nitrogens with zero attached hydrogens (tertiary/aromatic N) is 3. The van der Waals surface area contributed by atoms with E-state index in [2.05, 4.69) is 14.7 Å². The Labute approximate surface area is 229 Å². The van der Waals surface area contributed by atoms with Gasteiger partial charge in [-0.15, -0.1) is 0 Å². The van der Waals surface area contributed by atoms with Crippen molar-refractivity contribution in [1.29, 1.82) is 0 Å². The van der Waals surface area contributed by atoms with Crippen molar-refractivity contribution in [2.24, 2.45) is 5.73 Å². The van der Waals surface area contributed by atoms with Crippen LogP contribution in [0.1, 0.15) is 57.4 Å². The first-order chi connectivity index (χ1) is 18.9. The highest BCUT2D eigenvalue weighted by Crippen LogP contribution is 2.35. The van der Waals surface area contributed by atoms with Crippen LogP contribution in [0.5, 0.6) is 5.75 Å². The third kappa shape index (κ3) is 5.26. The maximum atomic E-state index is 14.2. The predicted octanol–water partition coefficient (Wildman–Crippen LogP) is 3.83. The molecular formula is C28H28N6O4S. The minimum absolute atomic E-state index is 0.0146. The van der Waals surface area contributed by atoms with Crippen molar-refractivity contribution in [2.45, 2.75) is 37.8 Å². The molecule has 5 N–H and O–H groups in total. The lowest BCUT2D eigenvalue weighted by Gasteiger charge is -2.32. The normalized spacial score (nSPS) is 14.2. The molecule has 0 bridgehead atoms. The first-order valence-electron chi connectivity index (χ1n) is 12.5. The van der Waals surface area contributed by atoms with Crippen molar-refractivity contribution >= 4 is 51.5 Å². The number of hydrogen-bond donors (Lipinski definition) is 3. The van der Waals surface area contributed by atoms with E-state index in [1.165, 1.54) is 4.90 Å². The number of hydrogen-bond acceptors (Lipinski definition) is 8. The van der Waals surface area contributed by atoms with Crippen LogP contribution < -0.4 is 26.4 Å². The highest BCUT2D eigenvalue weighted by Gasteiger charge is 2.37. The molecule has 0 radical (unpaired) electrons. The minimum Gasteiger partial charge on any atom is -0.497 e. The topological polar surface area (TPSA) is 154 Å². The van der Waals surface area contributed by atoms with Gasteiger partial charge in [-0.25, -0.2) is 0 Å². The fourth-order valence-corrected chi connectivity index (χ4v) is 5.64. The van der Waals surface area contributed by atoms with Crippen LogP contribution in [-0.4, -0.2) is 40.2 Å². The average molecular weight is 545 g/mol. The van der Waals surface area contributed by atoms with E-state index < -0.39 is 17.9 Å². The van der Waals surface area contributed by atoms with Gasteiger partial charge in [0, 0.05) is 23.3 Å². The van der Waals surface area contributed by atoms with Crippen LogP contribution in [0.25, 0.3) is 10.9 Å². The number of benzene rings is 2. The van der Waals surface area contributed by atoms with Crippen LogP contribution >= 0.6 is 11.5 Å². The summed E-state index contributed by atoms with van der Waals surface area (Å²) in [7, 11) is 1.54. The van der Waals surface area contributed by atoms with Crippen LogP contribution in [0.2, 0.25) is 0 Å². The van der Waals surface area contributed by atoms with E-state index in [0.717, 1.165) is 48.1 Å². The van der Waals surface area contributed by atoms with E-state index in [9.17, 15) is 14.4 Å². The lowest BCUT2D eigenvalue weighted by atomic mass is 9.99. The number of rotatable bonds is 8. The molecule has 1 fully saturated rings. The zero-order valence-electron chi connectivity index (χ0n) is 21.3. The number of aromatic nitrogens is 2. The summed E-state index contributed by atoms with van der Waals surface area (Å²) in [6, 6.07) is 14.9. The summed E-state index contributed by atoms with van der Waals surface area (Å²) in [5.41, 5.74) is 13.1. The summed E-state index contributed by atoms with van der Waals surface area (Å²) in [5.74, 6) is -1.16. The van der Waals surface area contributed by atoms with Crippen molar-refractivity contribution in [2.75, 3.05) is 17.7 Å². The van der Waals surface area contributed by atoms with Gasteiger partial charge < -0.3 is 21.5 Å². The average Bonchev–Trinajstić information content (AvgIpc) is 3.60. The number of nitrogens with one attached hydrogen (secondary N) is 1. The number of fused-ring (bicyclic) bond motifs is 1. The second kappa shape index (κ2) is 11.1. The number of carbonyl (C=O) groups is 3. The summed E-state index contributed by atoms with van der Waals surface area (Å²) in [6.45, 7) is 0. The maximum Gasteiger partial charge on any atom is 0.273 e. The van der Waals surface area contributed by atoms with Crippen LogP contribution in [0, 0.1) is 0 Å². The highest BCUT2D eigenvalue weighted by molar-refractivity contribution is 7.09. The second-order valence-corrected chi connectivity index (χ2v) is 10.1. The third-order valence-corrected chi connectivity index (χ3v) is 7.73. The monoisotopic (exact) mass is 544 g/mol. The van der Waals surface area contributed by atoms with Crippen molar-refractivity contribution in [1.82, 2.24) is 14.7 Å². The van der Waals surface area contributed by atoms with Gasteiger partial charge in [0.2, 0.25) is 5.91 Å². The molecule has 0 unspecified atom stereocenters. The molecule has 1 saturated carbocycles. The molecule has 2 aromatic carbocycles. The molecule has 2 heterocycles. The number of amides is 3. The molecule has 11 heteroatoms. The smallest absolute Gasteiger partial charge is 0.273 e. The van der Waals surface area contributed by atoms with E-state index in [0.29, 0.717) is 17.0 Å². The molecule has 3 amide bonds. The molecule has 1 aliphatic carbocycles. The Morgan fingerprint density at radius 2 is 1.85 bits per heavy atom. The van der Waals surface area contributed by atoms with Crippen LogP contribution in [0.15, 0.2) is 60.8 Å². The van der Waals surface area contributed by atoms with E-state index in [1.54, 1.807) is 43.6 Å². The molecule has 10 nitrogen and oxygen atoms in total. The molecule has 1 aliphatic rings. The van der Waals surface area contributed by atoms with Crippen LogP contribution in [0.3, 0.4) is 0 Å². The second-order valence-electron chi connectivity index (χ2n) is 9.36. The van der Waals surface area contributed by atoms with E-state index in [4.69, 9.17) is 16.2 Å². The quantitative estimate of drug-likeness (QED) is 0.305. The summed E-state index contributed by atoms with van der Waals surface area (Å²) < 4.78 is 9.31. The van der Waals surface area contributed by atoms with Gasteiger partial charge in [0.15, 0.2) is 5.69 Å². The molecule has 0 spiro atoms. The number of ether oxygens (including phenoxy) is 1. The first-order valence-corrected chi connectivity index (χ1v) is 13.3. The van der Waals surface area contributed by atoms with E-state index in [-0.39, 0.29) is 28.2 Å². The molecule has 0 aliphatic heterocycles. The SMILES string of the molecule is COc1ccc(N(C(=O)c2snc(C(N)=O)c2N)[C@H](C(=O)NC2CCCC2)c2ccc3ncccc3c2)cc1. The molecule has 200 valence electrons. The number of anilines is 2. The number of nitrogen functional groups attached to an aromatic ring is 1. The van der Waals surface area contributed by atoms with Gasteiger partial charge in [0.25, 0.3) is 11.8 Å². The van der Waals surface area contributed by atoms with Crippen LogP contribution in [0.4, 0.5) is 11.4 Å². The lowest BCUT2D eigenvalue weighted by molar-refractivity contribution is -0.123. The standard InChI is InChI=1S/C28H28N6O4S/c1-38-20-11-9-19(10-12-20)34(28(37)25-22(29)23(26(30)35)33-39-25)24(27(36)32-18-6-2-3-7-18)17-8-13-21-16(15-17)5-4-14-31-21/h4-5,8-15,18,24H,2-3,6-7,29H2,1H3,(H2,30,35)(H,32,36)/t24-/m0/s1. The van der Waals surface area contributed by atoms with Crippen molar-refractivity contribution in [3.63, 3.8) is 0 Å². The number of carbonyl (C=O) groups excluding carboxylic acids is 3. The fraction of sp³-hybridized carbons (Fsp3) is 0.250. The van der Waals surface area contributed by atoms with Gasteiger partial charge in [0.05, 0.1) is 18.3 Å². The summed E-state index contributed by atoms with van der Waals surface area (Å²) in [4.78, 5) is 45.9. The number of pyridine rings is 1. The summed E-state index contributed by atoms with van der Waals surface area (Å²) in [6.07, 6.45) is 5.51. The molecule has 2 aromatic heterocycles. The molecule has 0 saturated heterocycles. The van der Waals surface area contributed by atoms with Crippen LogP contribution in [-0.2, 0) is 4.79 Å². The molecule has 39 heavy (non-hydrogen) atoms. The molecule has 4 aromatic rings. The number of primary amides is 1. The Bertz CT molecular complexity index is 1530. The van der Waals surface area contributed by atoms with Gasteiger partial charge in [-0.05, 0) is 72.4 Å². The molecule has 1 atom stereocenters. The number of methoxy groups -OCH3 is 1. The molecule has 5 rings (SSSR count). The summed E-state index contributed by atoms with van der Waals surface area (Å²) in [5, 5.41) is 3.98. The Morgan fingerprint density at radius 3 is 2.51 bits per heavy atom. The van der Waals surface area contributed by atoms with Crippen molar-refractivity contribution < 1.29 is 19.1 Å². The van der Waals surface area contributed by atoms with E-state index in [1.807, 2.05) is 24.3 Å². The Hall–Kier alpha value is -4.51. The van der Waals surface area contributed by atoms with E-state index >= 15 is 0 Å². The maximum absolute atomic E-state index is 14.2. The van der Waals surface area contributed by atoms with Crippen molar-refractivity contribution in [3.8, 4) is 5.75 Å². The fourth-order valence-electron chi connectivity index (χ4n) is 4.90. The molecular weight excluding hydrogens is 516 g/mol.